The Labute approximate surface area is 143 Å². The second kappa shape index (κ2) is 7.69. The first kappa shape index (κ1) is 16.8. The van der Waals surface area contributed by atoms with Crippen LogP contribution in [0, 0.1) is 0 Å². The first-order valence-electron chi connectivity index (χ1n) is 8.94. The van der Waals surface area contributed by atoms with Crippen molar-refractivity contribution in [3.8, 4) is 5.75 Å². The van der Waals surface area contributed by atoms with Gasteiger partial charge < -0.3 is 15.0 Å². The number of nitrogens with zero attached hydrogens (tertiary/aromatic N) is 1. The molecule has 2 aliphatic rings. The minimum Gasteiger partial charge on any atom is -0.497 e. The lowest BCUT2D eigenvalue weighted by atomic mass is 9.95. The van der Waals surface area contributed by atoms with Gasteiger partial charge in [-0.3, -0.25) is 9.59 Å². The van der Waals surface area contributed by atoms with Crippen LogP contribution in [0.3, 0.4) is 0 Å². The highest BCUT2D eigenvalue weighted by Gasteiger charge is 2.35. The lowest BCUT2D eigenvalue weighted by molar-refractivity contribution is -0.125. The van der Waals surface area contributed by atoms with E-state index in [0.717, 1.165) is 31.4 Å². The average Bonchev–Trinajstić information content (AvgIpc) is 3.12. The number of carbonyl (C=O) groups is 2. The molecule has 2 fully saturated rings. The molecule has 1 atom stereocenters. The quantitative estimate of drug-likeness (QED) is 0.923. The Morgan fingerprint density at radius 2 is 1.75 bits per heavy atom. The summed E-state index contributed by atoms with van der Waals surface area (Å²) in [7, 11) is 1.60. The molecule has 5 heteroatoms. The molecule has 5 nitrogen and oxygen atoms in total. The number of nitrogens with one attached hydrogen (secondary N) is 1. The average molecular weight is 330 g/mol. The topological polar surface area (TPSA) is 58.6 Å². The smallest absolute Gasteiger partial charge is 0.254 e. The molecule has 0 bridgehead atoms. The number of rotatable bonds is 4. The molecule has 1 aromatic carbocycles. The summed E-state index contributed by atoms with van der Waals surface area (Å²) in [4.78, 5) is 27.1. The third kappa shape index (κ3) is 3.71. The van der Waals surface area contributed by atoms with Crippen molar-refractivity contribution in [2.75, 3.05) is 13.7 Å². The van der Waals surface area contributed by atoms with E-state index in [1.807, 2.05) is 0 Å². The minimum atomic E-state index is -0.332. The fraction of sp³-hybridized carbons (Fsp3) is 0.579. The first-order valence-corrected chi connectivity index (χ1v) is 8.94. The van der Waals surface area contributed by atoms with E-state index in [2.05, 4.69) is 5.32 Å². The van der Waals surface area contributed by atoms with Gasteiger partial charge in [-0.15, -0.1) is 0 Å². The van der Waals surface area contributed by atoms with Crippen molar-refractivity contribution in [1.82, 2.24) is 10.2 Å². The zero-order chi connectivity index (χ0) is 16.9. The van der Waals surface area contributed by atoms with Gasteiger partial charge in [0.25, 0.3) is 5.91 Å². The Kier molecular flexibility index (Phi) is 5.38. The van der Waals surface area contributed by atoms with Gasteiger partial charge in [0, 0.05) is 18.2 Å². The van der Waals surface area contributed by atoms with Gasteiger partial charge in [0.15, 0.2) is 0 Å². The van der Waals surface area contributed by atoms with Crippen LogP contribution in [0.5, 0.6) is 5.75 Å². The van der Waals surface area contributed by atoms with Crippen LogP contribution >= 0.6 is 0 Å². The highest BCUT2D eigenvalue weighted by Crippen LogP contribution is 2.23. The summed E-state index contributed by atoms with van der Waals surface area (Å²) in [5.74, 6) is 0.666. The maximum atomic E-state index is 12.8. The zero-order valence-electron chi connectivity index (χ0n) is 14.3. The Balaban J connectivity index is 1.65. The molecule has 0 radical (unpaired) electrons. The summed E-state index contributed by atoms with van der Waals surface area (Å²) in [5, 5.41) is 3.16. The molecule has 1 saturated heterocycles. The molecular formula is C19H26N2O3. The Bertz CT molecular complexity index is 579. The van der Waals surface area contributed by atoms with Crippen LogP contribution in [0.25, 0.3) is 0 Å². The van der Waals surface area contributed by atoms with Gasteiger partial charge in [0.1, 0.15) is 11.8 Å². The van der Waals surface area contributed by atoms with Crippen LogP contribution in [0.2, 0.25) is 0 Å². The molecular weight excluding hydrogens is 304 g/mol. The van der Waals surface area contributed by atoms with Crippen LogP contribution in [-0.2, 0) is 4.79 Å². The molecule has 0 spiro atoms. The largest absolute Gasteiger partial charge is 0.497 e. The van der Waals surface area contributed by atoms with E-state index >= 15 is 0 Å². The van der Waals surface area contributed by atoms with Crippen LogP contribution < -0.4 is 10.1 Å². The Hall–Kier alpha value is -2.04. The number of carbonyl (C=O) groups excluding carboxylic acids is 2. The maximum absolute atomic E-state index is 12.8. The summed E-state index contributed by atoms with van der Waals surface area (Å²) >= 11 is 0. The monoisotopic (exact) mass is 330 g/mol. The van der Waals surface area contributed by atoms with Crippen LogP contribution in [0.15, 0.2) is 24.3 Å². The lowest BCUT2D eigenvalue weighted by Gasteiger charge is -2.28. The standard InChI is InChI=1S/C19H26N2O3/c1-24-16-11-9-14(10-12-16)19(23)21-13-5-8-17(21)18(22)20-15-6-3-2-4-7-15/h9-12,15,17H,2-8,13H2,1H3,(H,20,22)/t17-/m0/s1. The van der Waals surface area contributed by atoms with Gasteiger partial charge >= 0.3 is 0 Å². The Morgan fingerprint density at radius 1 is 1.04 bits per heavy atom. The minimum absolute atomic E-state index is 0.0151. The number of ether oxygens (including phenoxy) is 1. The number of likely N-dealkylation sites (tertiary alicyclic amines) is 1. The van der Waals surface area contributed by atoms with Crippen molar-refractivity contribution in [2.45, 2.75) is 57.0 Å². The summed E-state index contributed by atoms with van der Waals surface area (Å²) in [6.07, 6.45) is 7.38. The van der Waals surface area contributed by atoms with Crippen molar-refractivity contribution >= 4 is 11.8 Å². The molecule has 1 heterocycles. The molecule has 3 rings (SSSR count). The summed E-state index contributed by atoms with van der Waals surface area (Å²) in [6.45, 7) is 0.646. The van der Waals surface area contributed by atoms with E-state index < -0.39 is 0 Å². The van der Waals surface area contributed by atoms with Crippen LogP contribution in [0.1, 0.15) is 55.3 Å². The van der Waals surface area contributed by atoms with E-state index in [1.165, 1.54) is 19.3 Å². The normalized spacial score (nSPS) is 21.5. The summed E-state index contributed by atoms with van der Waals surface area (Å²) in [5.41, 5.74) is 0.605. The molecule has 1 aliphatic heterocycles. The molecule has 1 aliphatic carbocycles. The molecule has 24 heavy (non-hydrogen) atoms. The van der Waals surface area contributed by atoms with E-state index in [4.69, 9.17) is 4.74 Å². The summed E-state index contributed by atoms with van der Waals surface area (Å²) in [6, 6.07) is 7.03. The second-order valence-electron chi connectivity index (χ2n) is 6.73. The van der Waals surface area contributed by atoms with Crippen LogP contribution in [0.4, 0.5) is 0 Å². The van der Waals surface area contributed by atoms with Crippen molar-refractivity contribution in [3.05, 3.63) is 29.8 Å². The number of hydrogen-bond acceptors (Lipinski definition) is 3. The highest BCUT2D eigenvalue weighted by atomic mass is 16.5. The lowest BCUT2D eigenvalue weighted by Crippen LogP contribution is -2.49. The molecule has 1 aromatic rings. The van der Waals surface area contributed by atoms with Crippen molar-refractivity contribution < 1.29 is 14.3 Å². The predicted octanol–water partition coefficient (Wildman–Crippen LogP) is 2.75. The third-order valence-electron chi connectivity index (χ3n) is 5.10. The highest BCUT2D eigenvalue weighted by molar-refractivity contribution is 5.98. The van der Waals surface area contributed by atoms with E-state index in [0.29, 0.717) is 12.1 Å². The molecule has 0 unspecified atom stereocenters. The fourth-order valence-electron chi connectivity index (χ4n) is 3.73. The SMILES string of the molecule is COc1ccc(C(=O)N2CCC[C@H]2C(=O)NC2CCCCC2)cc1. The molecule has 1 N–H and O–H groups in total. The molecule has 2 amide bonds. The zero-order valence-corrected chi connectivity index (χ0v) is 14.3. The number of hydrogen-bond donors (Lipinski definition) is 1. The molecule has 0 aromatic heterocycles. The number of amides is 2. The van der Waals surface area contributed by atoms with Gasteiger partial charge in [0.05, 0.1) is 7.11 Å². The fourth-order valence-corrected chi connectivity index (χ4v) is 3.73. The molecule has 130 valence electrons. The number of methoxy groups -OCH3 is 1. The number of benzene rings is 1. The molecule has 1 saturated carbocycles. The van der Waals surface area contributed by atoms with E-state index in [9.17, 15) is 9.59 Å². The van der Waals surface area contributed by atoms with Gasteiger partial charge in [-0.1, -0.05) is 19.3 Å². The van der Waals surface area contributed by atoms with E-state index in [1.54, 1.807) is 36.3 Å². The maximum Gasteiger partial charge on any atom is 0.254 e. The van der Waals surface area contributed by atoms with Crippen LogP contribution in [-0.4, -0.2) is 42.5 Å². The van der Waals surface area contributed by atoms with Crippen molar-refractivity contribution in [1.29, 1.82) is 0 Å². The third-order valence-corrected chi connectivity index (χ3v) is 5.10. The predicted molar refractivity (Wildman–Crippen MR) is 92.1 cm³/mol. The van der Waals surface area contributed by atoms with Gasteiger partial charge in [0.2, 0.25) is 5.91 Å². The van der Waals surface area contributed by atoms with E-state index in [-0.39, 0.29) is 23.9 Å². The summed E-state index contributed by atoms with van der Waals surface area (Å²) < 4.78 is 5.13. The van der Waals surface area contributed by atoms with Gasteiger partial charge in [-0.25, -0.2) is 0 Å². The Morgan fingerprint density at radius 3 is 2.42 bits per heavy atom. The van der Waals surface area contributed by atoms with Crippen molar-refractivity contribution in [3.63, 3.8) is 0 Å². The van der Waals surface area contributed by atoms with Gasteiger partial charge in [-0.2, -0.15) is 0 Å². The van der Waals surface area contributed by atoms with Gasteiger partial charge in [-0.05, 0) is 49.9 Å². The second-order valence-corrected chi connectivity index (χ2v) is 6.73. The first-order chi connectivity index (χ1) is 11.7. The van der Waals surface area contributed by atoms with Crippen molar-refractivity contribution in [2.24, 2.45) is 0 Å².